The van der Waals surface area contributed by atoms with Crippen LogP contribution in [0.3, 0.4) is 0 Å². The Hall–Kier alpha value is -0.840. The van der Waals surface area contributed by atoms with Crippen LogP contribution in [0, 0.1) is 6.92 Å². The molecule has 0 bridgehead atoms. The fraction of sp³-hybridized carbons (Fsp3) is 0.545. The van der Waals surface area contributed by atoms with E-state index >= 15 is 0 Å². The average Bonchev–Trinajstić information content (AvgIpc) is 2.75. The summed E-state index contributed by atoms with van der Waals surface area (Å²) >= 11 is 0. The quantitative estimate of drug-likeness (QED) is 0.737. The number of aliphatic hydroxyl groups is 1. The minimum Gasteiger partial charge on any atom is -0.506 e. The molecule has 1 aromatic heterocycles. The first kappa shape index (κ1) is 13.2. The summed E-state index contributed by atoms with van der Waals surface area (Å²) in [6, 6.07) is 0.161. The van der Waals surface area contributed by atoms with Crippen LogP contribution in [0.5, 0.6) is 5.75 Å². The highest BCUT2D eigenvalue weighted by Crippen LogP contribution is 2.34. The summed E-state index contributed by atoms with van der Waals surface area (Å²) in [7, 11) is 0. The third-order valence-corrected chi connectivity index (χ3v) is 2.94. The lowest BCUT2D eigenvalue weighted by molar-refractivity contribution is 0.277. The maximum absolute atomic E-state index is 9.96. The van der Waals surface area contributed by atoms with Crippen molar-refractivity contribution in [2.75, 3.05) is 6.54 Å². The number of hydrogen-bond donors (Lipinski definition) is 3. The van der Waals surface area contributed by atoms with Crippen molar-refractivity contribution in [3.8, 4) is 5.75 Å². The van der Waals surface area contributed by atoms with Gasteiger partial charge in [0.2, 0.25) is 0 Å². The molecule has 2 heterocycles. The fourth-order valence-corrected chi connectivity index (χ4v) is 2.10. The van der Waals surface area contributed by atoms with Crippen molar-refractivity contribution in [2.45, 2.75) is 32.4 Å². The number of aliphatic hydroxyl groups excluding tert-OH is 1. The van der Waals surface area contributed by atoms with Gasteiger partial charge in [0, 0.05) is 23.4 Å². The molecule has 2 rings (SSSR count). The lowest BCUT2D eigenvalue weighted by Crippen LogP contribution is -2.15. The molecule has 0 saturated carbocycles. The Balaban J connectivity index is 0.00000128. The smallest absolute Gasteiger partial charge is 0.141 e. The highest BCUT2D eigenvalue weighted by molar-refractivity contribution is 5.85. The predicted molar refractivity (Wildman–Crippen MR) is 63.8 cm³/mol. The molecule has 0 aliphatic carbocycles. The molecule has 1 saturated heterocycles. The van der Waals surface area contributed by atoms with Crippen molar-refractivity contribution < 1.29 is 10.2 Å². The average molecular weight is 245 g/mol. The van der Waals surface area contributed by atoms with Gasteiger partial charge in [0.15, 0.2) is 0 Å². The number of hydrogen-bond acceptors (Lipinski definition) is 4. The number of pyridine rings is 1. The minimum atomic E-state index is -0.0750. The van der Waals surface area contributed by atoms with Gasteiger partial charge in [0.25, 0.3) is 0 Å². The number of nitrogens with one attached hydrogen (secondary N) is 1. The Bertz CT molecular complexity index is 365. The topological polar surface area (TPSA) is 65.4 Å². The maximum atomic E-state index is 9.96. The molecule has 1 fully saturated rings. The van der Waals surface area contributed by atoms with Crippen molar-refractivity contribution in [1.29, 1.82) is 0 Å². The van der Waals surface area contributed by atoms with E-state index in [0.717, 1.165) is 30.5 Å². The third kappa shape index (κ3) is 2.29. The molecule has 1 atom stereocenters. The molecule has 0 spiro atoms. The largest absolute Gasteiger partial charge is 0.506 e. The number of aromatic hydroxyl groups is 1. The van der Waals surface area contributed by atoms with E-state index in [0.29, 0.717) is 5.69 Å². The van der Waals surface area contributed by atoms with Crippen LogP contribution in [0.1, 0.15) is 35.7 Å². The molecule has 0 radical (unpaired) electrons. The van der Waals surface area contributed by atoms with Crippen LogP contribution in [0.15, 0.2) is 6.20 Å². The zero-order chi connectivity index (χ0) is 10.8. The summed E-state index contributed by atoms with van der Waals surface area (Å²) in [4.78, 5) is 4.04. The van der Waals surface area contributed by atoms with Gasteiger partial charge in [-0.1, -0.05) is 0 Å². The van der Waals surface area contributed by atoms with E-state index < -0.39 is 0 Å². The first-order valence-corrected chi connectivity index (χ1v) is 5.25. The highest BCUT2D eigenvalue weighted by Gasteiger charge is 2.23. The van der Waals surface area contributed by atoms with Crippen molar-refractivity contribution in [1.82, 2.24) is 10.3 Å². The van der Waals surface area contributed by atoms with Crippen molar-refractivity contribution >= 4 is 12.4 Å². The minimum absolute atomic E-state index is 0. The molecule has 3 N–H and O–H groups in total. The van der Waals surface area contributed by atoms with E-state index in [-0.39, 0.29) is 30.8 Å². The van der Waals surface area contributed by atoms with Crippen LogP contribution < -0.4 is 5.32 Å². The predicted octanol–water partition coefficient (Wildman–Crippen LogP) is 1.43. The Morgan fingerprint density at radius 3 is 2.88 bits per heavy atom. The summed E-state index contributed by atoms with van der Waals surface area (Å²) in [5.74, 6) is 0.223. The van der Waals surface area contributed by atoms with Gasteiger partial charge in [-0.05, 0) is 26.3 Å². The standard InChI is InChI=1S/C11H16N2O2.ClH/c1-7-11(15)10(8(6-14)5-13-7)9-3-2-4-12-9;/h5,9,12,14-15H,2-4,6H2,1H3;1H/t9-;/m0./s1. The van der Waals surface area contributed by atoms with Crippen molar-refractivity contribution in [3.05, 3.63) is 23.0 Å². The number of nitrogens with zero attached hydrogens (tertiary/aromatic N) is 1. The van der Waals surface area contributed by atoms with Crippen LogP contribution in [0.25, 0.3) is 0 Å². The second-order valence-electron chi connectivity index (χ2n) is 3.94. The summed E-state index contributed by atoms with van der Waals surface area (Å²) in [6.07, 6.45) is 3.75. The van der Waals surface area contributed by atoms with Gasteiger partial charge < -0.3 is 15.5 Å². The van der Waals surface area contributed by atoms with E-state index in [2.05, 4.69) is 10.3 Å². The molecular formula is C11H17ClN2O2. The Morgan fingerprint density at radius 2 is 2.31 bits per heavy atom. The summed E-state index contributed by atoms with van der Waals surface area (Å²) in [5.41, 5.74) is 2.16. The lowest BCUT2D eigenvalue weighted by Gasteiger charge is -2.17. The monoisotopic (exact) mass is 244 g/mol. The van der Waals surface area contributed by atoms with E-state index in [1.165, 1.54) is 0 Å². The van der Waals surface area contributed by atoms with Crippen LogP contribution in [0.2, 0.25) is 0 Å². The van der Waals surface area contributed by atoms with Gasteiger partial charge in [0.05, 0.1) is 12.3 Å². The summed E-state index contributed by atoms with van der Waals surface area (Å²) in [5, 5.41) is 22.5. The Morgan fingerprint density at radius 1 is 1.56 bits per heavy atom. The zero-order valence-electron chi connectivity index (χ0n) is 9.23. The van der Waals surface area contributed by atoms with Crippen LogP contribution in [0.4, 0.5) is 0 Å². The Kier molecular flexibility index (Phi) is 4.53. The molecule has 0 unspecified atom stereocenters. The van der Waals surface area contributed by atoms with Crippen LogP contribution in [-0.2, 0) is 6.61 Å². The number of aromatic nitrogens is 1. The lowest BCUT2D eigenvalue weighted by atomic mass is 9.99. The van der Waals surface area contributed by atoms with E-state index in [1.54, 1.807) is 13.1 Å². The number of aryl methyl sites for hydroxylation is 1. The molecule has 16 heavy (non-hydrogen) atoms. The van der Waals surface area contributed by atoms with Gasteiger partial charge in [-0.25, -0.2) is 0 Å². The summed E-state index contributed by atoms with van der Waals surface area (Å²) in [6.45, 7) is 2.67. The normalized spacial score (nSPS) is 19.5. The second-order valence-corrected chi connectivity index (χ2v) is 3.94. The Labute approximate surface area is 101 Å². The van der Waals surface area contributed by atoms with E-state index in [4.69, 9.17) is 0 Å². The van der Waals surface area contributed by atoms with Crippen LogP contribution in [-0.4, -0.2) is 21.7 Å². The zero-order valence-corrected chi connectivity index (χ0v) is 10.0. The third-order valence-electron chi connectivity index (χ3n) is 2.94. The molecule has 1 aliphatic heterocycles. The first-order valence-electron chi connectivity index (χ1n) is 5.25. The van der Waals surface area contributed by atoms with Crippen molar-refractivity contribution in [3.63, 3.8) is 0 Å². The molecule has 1 aliphatic rings. The second kappa shape index (κ2) is 5.48. The molecule has 5 heteroatoms. The molecule has 0 amide bonds. The first-order chi connectivity index (χ1) is 7.24. The van der Waals surface area contributed by atoms with E-state index in [1.807, 2.05) is 0 Å². The number of rotatable bonds is 2. The SMILES string of the molecule is Cc1ncc(CO)c([C@@H]2CCCN2)c1O.Cl. The van der Waals surface area contributed by atoms with Gasteiger partial charge in [-0.2, -0.15) is 0 Å². The highest BCUT2D eigenvalue weighted by atomic mass is 35.5. The van der Waals surface area contributed by atoms with Gasteiger partial charge in [-0.3, -0.25) is 4.98 Å². The summed E-state index contributed by atoms with van der Waals surface area (Å²) < 4.78 is 0. The number of halogens is 1. The molecular weight excluding hydrogens is 228 g/mol. The van der Waals surface area contributed by atoms with E-state index in [9.17, 15) is 10.2 Å². The van der Waals surface area contributed by atoms with Gasteiger partial charge >= 0.3 is 0 Å². The van der Waals surface area contributed by atoms with Gasteiger partial charge in [-0.15, -0.1) is 12.4 Å². The van der Waals surface area contributed by atoms with Crippen molar-refractivity contribution in [2.24, 2.45) is 0 Å². The molecule has 90 valence electrons. The van der Waals surface area contributed by atoms with Gasteiger partial charge in [0.1, 0.15) is 5.75 Å². The fourth-order valence-electron chi connectivity index (χ4n) is 2.10. The maximum Gasteiger partial charge on any atom is 0.141 e. The molecule has 1 aromatic rings. The molecule has 0 aromatic carbocycles. The van der Waals surface area contributed by atoms with Crippen LogP contribution >= 0.6 is 12.4 Å². The molecule has 4 nitrogen and oxygen atoms in total.